The number of para-hydroxylation sites is 2. The minimum atomic E-state index is -1.47. The summed E-state index contributed by atoms with van der Waals surface area (Å²) in [6.45, 7) is 0.887. The minimum absolute atomic E-state index is 0.0234. The third kappa shape index (κ3) is 4.69. The molecular weight excluding hydrogens is 465 g/mol. The maximum Gasteiger partial charge on any atom is 0.279 e. The number of piperidine rings is 1. The summed E-state index contributed by atoms with van der Waals surface area (Å²) in [5, 5.41) is 13.0. The average Bonchev–Trinajstić information content (AvgIpc) is 3.48. The zero-order valence-electron chi connectivity index (χ0n) is 19.9. The standard InChI is InChI=1S/C26H28FN5O4/c1-36-25(35)24(34)31-14-12-17(13-15-31)22-19(11-8-16-6-9-18(27)10-7-16)23(33)32(30-22)26-28-20-4-2-3-5-21(20)29-26/h2-7,9-10,17,25,30,35H,8,11-15H2,1H3,(H,28,29)/t25-/m0/s1. The number of nitrogens with one attached hydrogen (secondary N) is 2. The van der Waals surface area contributed by atoms with Crippen LogP contribution in [-0.2, 0) is 22.4 Å². The van der Waals surface area contributed by atoms with Crippen LogP contribution in [0.5, 0.6) is 0 Å². The molecule has 0 radical (unpaired) electrons. The Bertz CT molecular complexity index is 1380. The van der Waals surface area contributed by atoms with Crippen LogP contribution in [0.3, 0.4) is 0 Å². The first-order valence-corrected chi connectivity index (χ1v) is 12.0. The predicted molar refractivity (Wildman–Crippen MR) is 131 cm³/mol. The van der Waals surface area contributed by atoms with Gasteiger partial charge >= 0.3 is 0 Å². The lowest BCUT2D eigenvalue weighted by Gasteiger charge is -2.32. The van der Waals surface area contributed by atoms with Crippen LogP contribution in [0.4, 0.5) is 4.39 Å². The number of aliphatic hydroxyl groups excluding tert-OH is 1. The summed E-state index contributed by atoms with van der Waals surface area (Å²) in [6, 6.07) is 13.9. The van der Waals surface area contributed by atoms with Crippen LogP contribution < -0.4 is 5.56 Å². The summed E-state index contributed by atoms with van der Waals surface area (Å²) in [6.07, 6.45) is 0.849. The molecule has 3 heterocycles. The molecule has 10 heteroatoms. The number of fused-ring (bicyclic) bond motifs is 1. The van der Waals surface area contributed by atoms with E-state index in [0.29, 0.717) is 50.3 Å². The predicted octanol–water partition coefficient (Wildman–Crippen LogP) is 2.64. The molecule has 1 fully saturated rings. The highest BCUT2D eigenvalue weighted by Gasteiger charge is 2.31. The van der Waals surface area contributed by atoms with Gasteiger partial charge in [0.1, 0.15) is 5.82 Å². The number of ether oxygens (including phenoxy) is 1. The number of hydrogen-bond donors (Lipinski definition) is 3. The first-order valence-electron chi connectivity index (χ1n) is 12.0. The number of rotatable bonds is 7. The minimum Gasteiger partial charge on any atom is -0.361 e. The van der Waals surface area contributed by atoms with Gasteiger partial charge in [-0.2, -0.15) is 4.68 Å². The molecule has 3 N–H and O–H groups in total. The van der Waals surface area contributed by atoms with Gasteiger partial charge in [0.2, 0.25) is 12.2 Å². The molecule has 1 aliphatic heterocycles. The molecule has 2 aromatic carbocycles. The number of H-pyrrole nitrogens is 2. The molecule has 1 atom stereocenters. The van der Waals surface area contributed by atoms with Crippen LogP contribution in [0.15, 0.2) is 53.3 Å². The van der Waals surface area contributed by atoms with Crippen LogP contribution in [-0.4, -0.2) is 62.2 Å². The van der Waals surface area contributed by atoms with E-state index in [9.17, 15) is 19.1 Å². The third-order valence-corrected chi connectivity index (χ3v) is 6.83. The van der Waals surface area contributed by atoms with Crippen molar-refractivity contribution in [3.63, 3.8) is 0 Å². The first-order chi connectivity index (χ1) is 17.4. The lowest BCUT2D eigenvalue weighted by Crippen LogP contribution is -2.44. The fourth-order valence-corrected chi connectivity index (χ4v) is 4.83. The number of amides is 1. The van der Waals surface area contributed by atoms with E-state index >= 15 is 0 Å². The number of nitrogens with zero attached hydrogens (tertiary/aromatic N) is 3. The number of hydrogen-bond acceptors (Lipinski definition) is 5. The second kappa shape index (κ2) is 10.1. The second-order valence-electron chi connectivity index (χ2n) is 9.04. The van der Waals surface area contributed by atoms with E-state index in [2.05, 4.69) is 15.1 Å². The summed E-state index contributed by atoms with van der Waals surface area (Å²) in [5.74, 6) is -0.323. The molecule has 1 aliphatic rings. The number of likely N-dealkylation sites (tertiary alicyclic amines) is 1. The Hall–Kier alpha value is -3.76. The number of carbonyl (C=O) groups excluding carboxylic acids is 1. The van der Waals surface area contributed by atoms with Crippen molar-refractivity contribution >= 4 is 16.9 Å². The van der Waals surface area contributed by atoms with E-state index in [4.69, 9.17) is 4.74 Å². The number of aromatic amines is 2. The number of halogens is 1. The number of aliphatic hydroxyl groups is 1. The molecule has 0 unspecified atom stereocenters. The molecule has 9 nitrogen and oxygen atoms in total. The lowest BCUT2D eigenvalue weighted by molar-refractivity contribution is -0.165. The first kappa shape index (κ1) is 24.0. The van der Waals surface area contributed by atoms with Crippen molar-refractivity contribution in [2.75, 3.05) is 20.2 Å². The van der Waals surface area contributed by atoms with E-state index in [1.165, 1.54) is 23.9 Å². The molecule has 4 aromatic rings. The fourth-order valence-electron chi connectivity index (χ4n) is 4.83. The van der Waals surface area contributed by atoms with E-state index in [0.717, 1.165) is 22.3 Å². The Morgan fingerprint density at radius 2 is 1.89 bits per heavy atom. The fraction of sp³-hybridized carbons (Fsp3) is 0.346. The van der Waals surface area contributed by atoms with Gasteiger partial charge in [-0.1, -0.05) is 24.3 Å². The van der Waals surface area contributed by atoms with Crippen LogP contribution in [0.2, 0.25) is 0 Å². The molecule has 188 valence electrons. The number of benzene rings is 2. The van der Waals surface area contributed by atoms with Crippen molar-refractivity contribution in [2.45, 2.75) is 37.9 Å². The highest BCUT2D eigenvalue weighted by Crippen LogP contribution is 2.29. The highest BCUT2D eigenvalue weighted by atomic mass is 19.1. The Morgan fingerprint density at radius 3 is 2.58 bits per heavy atom. The lowest BCUT2D eigenvalue weighted by atomic mass is 9.89. The highest BCUT2D eigenvalue weighted by molar-refractivity contribution is 5.79. The number of aryl methyl sites for hydroxylation is 1. The van der Waals surface area contributed by atoms with Crippen LogP contribution >= 0.6 is 0 Å². The van der Waals surface area contributed by atoms with Crippen molar-refractivity contribution in [3.05, 3.63) is 81.5 Å². The van der Waals surface area contributed by atoms with Gasteiger partial charge in [0.25, 0.3) is 11.5 Å². The summed E-state index contributed by atoms with van der Waals surface area (Å²) < 4.78 is 19.5. The van der Waals surface area contributed by atoms with Crippen molar-refractivity contribution in [2.24, 2.45) is 0 Å². The smallest absolute Gasteiger partial charge is 0.279 e. The van der Waals surface area contributed by atoms with Crippen molar-refractivity contribution in [3.8, 4) is 5.95 Å². The number of aromatic nitrogens is 4. The second-order valence-corrected chi connectivity index (χ2v) is 9.04. The molecular formula is C26H28FN5O4. The van der Waals surface area contributed by atoms with Gasteiger partial charge in [0, 0.05) is 37.4 Å². The Balaban J connectivity index is 1.45. The number of imidazole rings is 1. The van der Waals surface area contributed by atoms with Gasteiger partial charge in [-0.05, 0) is 55.5 Å². The van der Waals surface area contributed by atoms with E-state index < -0.39 is 12.2 Å². The van der Waals surface area contributed by atoms with Crippen molar-refractivity contribution in [1.82, 2.24) is 24.6 Å². The molecule has 1 saturated heterocycles. The van der Waals surface area contributed by atoms with Gasteiger partial charge < -0.3 is 19.7 Å². The SMILES string of the molecule is CO[C@H](O)C(=O)N1CCC(c2[nH]n(-c3nc4ccccc4[nH]3)c(=O)c2CCc2ccc(F)cc2)CC1. The summed E-state index contributed by atoms with van der Waals surface area (Å²) in [5.41, 5.74) is 3.81. The molecule has 0 aliphatic carbocycles. The van der Waals surface area contributed by atoms with E-state index in [1.807, 2.05) is 24.3 Å². The van der Waals surface area contributed by atoms with Gasteiger partial charge in [-0.25, -0.2) is 9.37 Å². The van der Waals surface area contributed by atoms with Gasteiger partial charge in [0.15, 0.2) is 0 Å². The van der Waals surface area contributed by atoms with Gasteiger partial charge in [-0.3, -0.25) is 14.7 Å². The van der Waals surface area contributed by atoms with Crippen molar-refractivity contribution < 1.29 is 19.0 Å². The quantitative estimate of drug-likeness (QED) is 0.342. The Kier molecular flexibility index (Phi) is 6.71. The zero-order valence-corrected chi connectivity index (χ0v) is 19.9. The Morgan fingerprint density at radius 1 is 1.17 bits per heavy atom. The van der Waals surface area contributed by atoms with Crippen LogP contribution in [0.25, 0.3) is 17.0 Å². The molecule has 0 spiro atoms. The summed E-state index contributed by atoms with van der Waals surface area (Å²) in [4.78, 5) is 35.2. The Labute approximate surface area is 206 Å². The molecule has 2 aromatic heterocycles. The van der Waals surface area contributed by atoms with E-state index in [-0.39, 0.29) is 17.3 Å². The largest absolute Gasteiger partial charge is 0.361 e. The topological polar surface area (TPSA) is 116 Å². The summed E-state index contributed by atoms with van der Waals surface area (Å²) >= 11 is 0. The summed E-state index contributed by atoms with van der Waals surface area (Å²) in [7, 11) is 1.29. The van der Waals surface area contributed by atoms with Gasteiger partial charge in [-0.15, -0.1) is 0 Å². The monoisotopic (exact) mass is 493 g/mol. The zero-order chi connectivity index (χ0) is 25.2. The van der Waals surface area contributed by atoms with Crippen LogP contribution in [0, 0.1) is 5.82 Å². The van der Waals surface area contributed by atoms with Crippen molar-refractivity contribution in [1.29, 1.82) is 0 Å². The maximum atomic E-state index is 13.6. The molecule has 36 heavy (non-hydrogen) atoms. The third-order valence-electron chi connectivity index (χ3n) is 6.83. The van der Waals surface area contributed by atoms with E-state index in [1.54, 1.807) is 17.0 Å². The van der Waals surface area contributed by atoms with Gasteiger partial charge in [0.05, 0.1) is 11.0 Å². The molecule has 0 bridgehead atoms. The maximum absolute atomic E-state index is 13.6. The average molecular weight is 494 g/mol. The normalized spacial score (nSPS) is 15.5. The number of methoxy groups -OCH3 is 1. The molecule has 5 rings (SSSR count). The molecule has 1 amide bonds. The molecule has 0 saturated carbocycles. The van der Waals surface area contributed by atoms with Crippen LogP contribution in [0.1, 0.15) is 35.6 Å². The number of carbonyl (C=O) groups is 1.